The number of amides is 4. The Hall–Kier alpha value is -2.38. The van der Waals surface area contributed by atoms with Gasteiger partial charge in [-0.05, 0) is 38.3 Å². The minimum atomic E-state index is -0.784. The molecule has 1 N–H and O–H groups in total. The Bertz CT molecular complexity index is 935. The van der Waals surface area contributed by atoms with Crippen LogP contribution in [0.5, 0.6) is 0 Å². The zero-order valence-electron chi connectivity index (χ0n) is 19.6. The van der Waals surface area contributed by atoms with Crippen LogP contribution in [0.15, 0.2) is 30.4 Å². The molecule has 1 aromatic carbocycles. The molecule has 1 unspecified atom stereocenters. The fraction of sp³-hybridized carbons (Fsp3) is 0.520. The van der Waals surface area contributed by atoms with Crippen molar-refractivity contribution in [1.29, 1.82) is 0 Å². The molecule has 0 spiro atoms. The van der Waals surface area contributed by atoms with Crippen molar-refractivity contribution in [3.63, 3.8) is 0 Å². The number of fused-ring (bicyclic) bond motifs is 1. The fourth-order valence-electron chi connectivity index (χ4n) is 4.41. The lowest BCUT2D eigenvalue weighted by molar-refractivity contribution is -0.143. The van der Waals surface area contributed by atoms with Crippen molar-refractivity contribution in [1.82, 2.24) is 15.1 Å². The van der Waals surface area contributed by atoms with Gasteiger partial charge < -0.3 is 10.2 Å². The van der Waals surface area contributed by atoms with Crippen molar-refractivity contribution in [2.24, 2.45) is 11.8 Å². The highest BCUT2D eigenvalue weighted by Gasteiger charge is 2.47. The number of imide groups is 1. The molecule has 0 bridgehead atoms. The van der Waals surface area contributed by atoms with E-state index in [1.54, 1.807) is 25.1 Å². The number of hydrogen-bond acceptors (Lipinski definition) is 4. The highest BCUT2D eigenvalue weighted by atomic mass is 35.5. The number of rotatable bonds is 10. The Kier molecular flexibility index (Phi) is 9.14. The first-order chi connectivity index (χ1) is 16.3. The summed E-state index contributed by atoms with van der Waals surface area (Å²) in [6.07, 6.45) is 6.63. The summed E-state index contributed by atoms with van der Waals surface area (Å²) in [7, 11) is 0. The number of hydrogen-bond donors (Lipinski definition) is 1. The first-order valence-electron chi connectivity index (χ1n) is 11.8. The third kappa shape index (κ3) is 5.81. The molecule has 7 nitrogen and oxygen atoms in total. The summed E-state index contributed by atoms with van der Waals surface area (Å²) in [5, 5.41) is 3.64. The van der Waals surface area contributed by atoms with Gasteiger partial charge in [0.1, 0.15) is 6.04 Å². The maximum atomic E-state index is 13.3. The van der Waals surface area contributed by atoms with Crippen molar-refractivity contribution in [3.05, 3.63) is 46.0 Å². The molecule has 0 radical (unpaired) electrons. The Morgan fingerprint density at radius 3 is 2.26 bits per heavy atom. The van der Waals surface area contributed by atoms with E-state index in [4.69, 9.17) is 23.2 Å². The minimum Gasteiger partial charge on any atom is -0.354 e. The third-order valence-electron chi connectivity index (χ3n) is 6.54. The van der Waals surface area contributed by atoms with E-state index in [0.717, 1.165) is 12.8 Å². The number of likely N-dealkylation sites (tertiary alicyclic amines) is 1. The van der Waals surface area contributed by atoms with Crippen LogP contribution in [-0.4, -0.2) is 52.6 Å². The summed E-state index contributed by atoms with van der Waals surface area (Å²) in [4.78, 5) is 54.2. The van der Waals surface area contributed by atoms with Crippen molar-refractivity contribution in [2.45, 2.75) is 58.5 Å². The van der Waals surface area contributed by atoms with Gasteiger partial charge in [0.15, 0.2) is 0 Å². The molecule has 9 heteroatoms. The van der Waals surface area contributed by atoms with Crippen molar-refractivity contribution in [2.75, 3.05) is 13.1 Å². The van der Waals surface area contributed by atoms with E-state index >= 15 is 0 Å². The summed E-state index contributed by atoms with van der Waals surface area (Å²) >= 11 is 12.7. The van der Waals surface area contributed by atoms with Crippen LogP contribution in [0, 0.1) is 11.8 Å². The summed E-state index contributed by atoms with van der Waals surface area (Å²) in [5.74, 6) is -1.77. The predicted molar refractivity (Wildman–Crippen MR) is 131 cm³/mol. The molecule has 0 aromatic heterocycles. The molecule has 2 aliphatic rings. The number of benzene rings is 1. The SMILES string of the molecule is CCCCNC(=O)C(C)N(Cc1c(Cl)cccc1Cl)C(=O)CCN1C(=O)[C@H]2CC=CC[C@H]2C1=O. The van der Waals surface area contributed by atoms with Gasteiger partial charge in [-0.1, -0.05) is 54.8 Å². The number of carbonyl (C=O) groups excluding carboxylic acids is 4. The van der Waals surface area contributed by atoms with Crippen LogP contribution in [0.2, 0.25) is 10.0 Å². The first-order valence-corrected chi connectivity index (χ1v) is 12.5. The van der Waals surface area contributed by atoms with Crippen LogP contribution >= 0.6 is 23.2 Å². The average molecular weight is 508 g/mol. The summed E-state index contributed by atoms with van der Waals surface area (Å²) in [6, 6.07) is 4.28. The highest BCUT2D eigenvalue weighted by molar-refractivity contribution is 6.36. The molecular formula is C25H31Cl2N3O4. The van der Waals surface area contributed by atoms with E-state index in [1.165, 1.54) is 9.80 Å². The topological polar surface area (TPSA) is 86.8 Å². The predicted octanol–water partition coefficient (Wildman–Crippen LogP) is 3.97. The van der Waals surface area contributed by atoms with Crippen LogP contribution in [0.1, 0.15) is 51.5 Å². The highest BCUT2D eigenvalue weighted by Crippen LogP contribution is 2.35. The van der Waals surface area contributed by atoms with Gasteiger partial charge in [0.25, 0.3) is 0 Å². The Balaban J connectivity index is 1.74. The lowest BCUT2D eigenvalue weighted by Gasteiger charge is -2.30. The molecule has 1 aliphatic heterocycles. The third-order valence-corrected chi connectivity index (χ3v) is 7.24. The molecule has 184 valence electrons. The van der Waals surface area contributed by atoms with Gasteiger partial charge in [0.05, 0.1) is 11.8 Å². The monoisotopic (exact) mass is 507 g/mol. The van der Waals surface area contributed by atoms with Gasteiger partial charge in [-0.2, -0.15) is 0 Å². The molecule has 1 aliphatic carbocycles. The normalized spacial score (nSPS) is 20.3. The molecule has 3 atom stereocenters. The summed E-state index contributed by atoms with van der Waals surface area (Å²) in [5.41, 5.74) is 0.540. The minimum absolute atomic E-state index is 0.0135. The number of nitrogens with one attached hydrogen (secondary N) is 1. The van der Waals surface area contributed by atoms with Gasteiger partial charge in [-0.3, -0.25) is 24.1 Å². The Morgan fingerprint density at radius 2 is 1.71 bits per heavy atom. The second kappa shape index (κ2) is 11.8. The number of allylic oxidation sites excluding steroid dienone is 2. The standard InChI is InChI=1S/C25H31Cl2N3O4/c1-3-4-13-28-23(32)16(2)30(15-19-20(26)10-7-11-21(19)27)22(31)12-14-29-24(33)17-8-5-6-9-18(17)25(29)34/h5-7,10-11,16-18H,3-4,8-9,12-15H2,1-2H3,(H,28,32)/t16?,17-,18+. The van der Waals surface area contributed by atoms with E-state index in [9.17, 15) is 19.2 Å². The molecular weight excluding hydrogens is 477 g/mol. The van der Waals surface area contributed by atoms with Crippen molar-refractivity contribution in [3.8, 4) is 0 Å². The second-order valence-corrected chi connectivity index (χ2v) is 9.59. The van der Waals surface area contributed by atoms with Crippen molar-refractivity contribution >= 4 is 46.8 Å². The van der Waals surface area contributed by atoms with Gasteiger partial charge >= 0.3 is 0 Å². The average Bonchev–Trinajstić information content (AvgIpc) is 3.06. The Morgan fingerprint density at radius 1 is 1.12 bits per heavy atom. The number of unbranched alkanes of at least 4 members (excludes halogenated alkanes) is 1. The Labute approximate surface area is 210 Å². The maximum Gasteiger partial charge on any atom is 0.242 e. The van der Waals surface area contributed by atoms with E-state index in [1.807, 2.05) is 19.1 Å². The van der Waals surface area contributed by atoms with Crippen LogP contribution in [0.4, 0.5) is 0 Å². The smallest absolute Gasteiger partial charge is 0.242 e. The molecule has 0 saturated carbocycles. The van der Waals surface area contributed by atoms with Gasteiger partial charge in [0.2, 0.25) is 23.6 Å². The lowest BCUT2D eigenvalue weighted by atomic mass is 9.85. The fourth-order valence-corrected chi connectivity index (χ4v) is 4.93. The largest absolute Gasteiger partial charge is 0.354 e. The second-order valence-electron chi connectivity index (χ2n) is 8.78. The summed E-state index contributed by atoms with van der Waals surface area (Å²) in [6.45, 7) is 4.22. The number of halogens is 2. The molecule has 1 aromatic rings. The van der Waals surface area contributed by atoms with Crippen LogP contribution < -0.4 is 5.32 Å². The van der Waals surface area contributed by atoms with Crippen LogP contribution in [0.25, 0.3) is 0 Å². The molecule has 34 heavy (non-hydrogen) atoms. The van der Waals surface area contributed by atoms with E-state index < -0.39 is 6.04 Å². The van der Waals surface area contributed by atoms with E-state index in [2.05, 4.69) is 5.32 Å². The first kappa shape index (κ1) is 26.2. The number of nitrogens with zero attached hydrogens (tertiary/aromatic N) is 2. The quantitative estimate of drug-likeness (QED) is 0.295. The molecule has 1 heterocycles. The molecule has 1 fully saturated rings. The molecule has 4 amide bonds. The molecule has 3 rings (SSSR count). The summed E-state index contributed by atoms with van der Waals surface area (Å²) < 4.78 is 0. The van der Waals surface area contributed by atoms with Gasteiger partial charge in [0, 0.05) is 41.7 Å². The van der Waals surface area contributed by atoms with Crippen LogP contribution in [0.3, 0.4) is 0 Å². The van der Waals surface area contributed by atoms with Gasteiger partial charge in [-0.25, -0.2) is 0 Å². The van der Waals surface area contributed by atoms with Crippen LogP contribution in [-0.2, 0) is 25.7 Å². The van der Waals surface area contributed by atoms with Gasteiger partial charge in [-0.15, -0.1) is 0 Å². The van der Waals surface area contributed by atoms with E-state index in [0.29, 0.717) is 35.0 Å². The zero-order chi connectivity index (χ0) is 24.8. The van der Waals surface area contributed by atoms with Crippen molar-refractivity contribution < 1.29 is 19.2 Å². The lowest BCUT2D eigenvalue weighted by Crippen LogP contribution is -2.48. The molecule has 1 saturated heterocycles. The number of carbonyl (C=O) groups is 4. The maximum absolute atomic E-state index is 13.3. The zero-order valence-corrected chi connectivity index (χ0v) is 21.1. The van der Waals surface area contributed by atoms with E-state index in [-0.39, 0.29) is 55.0 Å².